The molecule has 0 aromatic rings. The Balaban J connectivity index is 4.51. The Hall–Kier alpha value is -4.97. The molecule has 0 bridgehead atoms. The van der Waals surface area contributed by atoms with Gasteiger partial charge < -0.3 is 14.2 Å². The van der Waals surface area contributed by atoms with Crippen LogP contribution in [0.3, 0.4) is 0 Å². The second-order valence-electron chi connectivity index (χ2n) is 19.8. The molecule has 0 radical (unpaired) electrons. The Morgan fingerprint density at radius 3 is 0.831 bits per heavy atom. The maximum absolute atomic E-state index is 12.9. The van der Waals surface area contributed by atoms with Crippen LogP contribution in [-0.2, 0) is 28.6 Å². The van der Waals surface area contributed by atoms with Gasteiger partial charge in [0, 0.05) is 19.3 Å². The van der Waals surface area contributed by atoms with Crippen molar-refractivity contribution in [3.8, 4) is 0 Å². The van der Waals surface area contributed by atoms with Crippen LogP contribution in [0.5, 0.6) is 0 Å². The van der Waals surface area contributed by atoms with Crippen molar-refractivity contribution in [2.24, 2.45) is 0 Å². The van der Waals surface area contributed by atoms with Crippen molar-refractivity contribution < 1.29 is 28.6 Å². The van der Waals surface area contributed by atoms with Crippen LogP contribution < -0.4 is 0 Å². The third-order valence-electron chi connectivity index (χ3n) is 12.5. The number of carbonyl (C=O) groups excluding carboxylic acids is 3. The van der Waals surface area contributed by atoms with Crippen molar-refractivity contribution in [2.45, 2.75) is 258 Å². The topological polar surface area (TPSA) is 78.9 Å². The second kappa shape index (κ2) is 63.6. The molecular weight excluding hydrogens is 949 g/mol. The van der Waals surface area contributed by atoms with E-state index in [0.717, 1.165) is 154 Å². The van der Waals surface area contributed by atoms with Crippen LogP contribution in [0.15, 0.2) is 158 Å². The minimum Gasteiger partial charge on any atom is -0.462 e. The van der Waals surface area contributed by atoms with E-state index in [1.165, 1.54) is 51.4 Å². The molecule has 0 aromatic heterocycles. The number of rotatable bonds is 54. The molecule has 0 saturated heterocycles. The smallest absolute Gasteiger partial charge is 0.306 e. The van der Waals surface area contributed by atoms with E-state index in [0.29, 0.717) is 12.8 Å². The number of carbonyl (C=O) groups is 3. The van der Waals surface area contributed by atoms with E-state index in [9.17, 15) is 14.4 Å². The van der Waals surface area contributed by atoms with Crippen LogP contribution in [0.25, 0.3) is 0 Å². The molecule has 0 spiro atoms. The molecule has 0 aliphatic carbocycles. The van der Waals surface area contributed by atoms with Crippen molar-refractivity contribution in [3.05, 3.63) is 158 Å². The lowest BCUT2D eigenvalue weighted by Gasteiger charge is -2.18. The van der Waals surface area contributed by atoms with Gasteiger partial charge in [0.1, 0.15) is 13.2 Å². The van der Waals surface area contributed by atoms with E-state index in [-0.39, 0.29) is 44.0 Å². The molecule has 0 aliphatic rings. The number of hydrogen-bond donors (Lipinski definition) is 0. The van der Waals surface area contributed by atoms with E-state index < -0.39 is 6.10 Å². The van der Waals surface area contributed by atoms with Crippen molar-refractivity contribution in [3.63, 3.8) is 0 Å². The first-order chi connectivity index (χ1) is 38.0. The number of unbranched alkanes of at least 4 members (excludes halogenated alkanes) is 17. The van der Waals surface area contributed by atoms with Gasteiger partial charge in [0.05, 0.1) is 0 Å². The van der Waals surface area contributed by atoms with Crippen LogP contribution in [-0.4, -0.2) is 37.2 Å². The Morgan fingerprint density at radius 2 is 0.506 bits per heavy atom. The molecule has 6 nitrogen and oxygen atoms in total. The summed E-state index contributed by atoms with van der Waals surface area (Å²) in [5, 5.41) is 0. The third-order valence-corrected chi connectivity index (χ3v) is 12.5. The van der Waals surface area contributed by atoms with Crippen molar-refractivity contribution >= 4 is 17.9 Å². The van der Waals surface area contributed by atoms with Crippen LogP contribution in [0, 0.1) is 0 Å². The van der Waals surface area contributed by atoms with Gasteiger partial charge in [-0.1, -0.05) is 243 Å². The lowest BCUT2D eigenvalue weighted by Crippen LogP contribution is -2.30. The highest BCUT2D eigenvalue weighted by atomic mass is 16.6. The van der Waals surface area contributed by atoms with Crippen LogP contribution >= 0.6 is 0 Å². The van der Waals surface area contributed by atoms with E-state index in [1.54, 1.807) is 0 Å². The van der Waals surface area contributed by atoms with Crippen molar-refractivity contribution in [1.82, 2.24) is 0 Å². The fourth-order valence-corrected chi connectivity index (χ4v) is 7.91. The van der Waals surface area contributed by atoms with E-state index in [4.69, 9.17) is 14.2 Å². The summed E-state index contributed by atoms with van der Waals surface area (Å²) in [5.41, 5.74) is 0. The molecule has 77 heavy (non-hydrogen) atoms. The van der Waals surface area contributed by atoms with Crippen LogP contribution in [0.4, 0.5) is 0 Å². The van der Waals surface area contributed by atoms with E-state index in [2.05, 4.69) is 179 Å². The predicted octanol–water partition coefficient (Wildman–Crippen LogP) is 21.3. The third kappa shape index (κ3) is 61.8. The lowest BCUT2D eigenvalue weighted by molar-refractivity contribution is -0.167. The average molecular weight is 1060 g/mol. The van der Waals surface area contributed by atoms with Crippen molar-refractivity contribution in [1.29, 1.82) is 0 Å². The maximum Gasteiger partial charge on any atom is 0.306 e. The molecule has 1 unspecified atom stereocenters. The zero-order chi connectivity index (χ0) is 55.7. The molecule has 0 rings (SSSR count). The maximum atomic E-state index is 12.9. The zero-order valence-electron chi connectivity index (χ0n) is 49.4. The zero-order valence-corrected chi connectivity index (χ0v) is 49.4. The minimum absolute atomic E-state index is 0.113. The van der Waals surface area contributed by atoms with Gasteiger partial charge >= 0.3 is 17.9 Å². The molecule has 0 N–H and O–H groups in total. The Bertz CT molecular complexity index is 1740. The number of allylic oxidation sites excluding steroid dienone is 26. The molecule has 0 aliphatic heterocycles. The van der Waals surface area contributed by atoms with Crippen LogP contribution in [0.2, 0.25) is 0 Å². The molecule has 0 saturated carbocycles. The van der Waals surface area contributed by atoms with Gasteiger partial charge in [-0.3, -0.25) is 14.4 Å². The van der Waals surface area contributed by atoms with E-state index >= 15 is 0 Å². The quantitative estimate of drug-likeness (QED) is 0.0261. The average Bonchev–Trinajstić information content (AvgIpc) is 3.43. The first-order valence-corrected chi connectivity index (χ1v) is 31.0. The summed E-state index contributed by atoms with van der Waals surface area (Å²) in [6.07, 6.45) is 92.4. The highest BCUT2D eigenvalue weighted by molar-refractivity contribution is 5.71. The standard InChI is InChI=1S/C71H112O6/c1-4-7-10-13-16-19-22-25-28-30-31-32-33-34-35-36-37-38-39-41-43-46-49-52-55-58-61-64-70(73)76-67-68(66-75-69(72)63-60-57-54-51-48-45-42-27-24-21-18-15-12-9-6-3)77-71(74)65-62-59-56-53-50-47-44-40-29-26-23-20-17-14-11-8-5-2/h7-8,10-11,16-17,19-20,25-29,31-32,34-35,37-38,41-44,47,49,52,68H,4-6,9,12-15,18,21-24,30,33,36,39-40,45-46,48,50-51,53-67H2,1-3H3/b10-7-,11-8-,19-16-,20-17-,28-25-,29-26-,32-31-,35-34-,38-37-,42-27-,43-41-,47-44-,52-49-. The lowest BCUT2D eigenvalue weighted by atomic mass is 10.1. The Morgan fingerprint density at radius 1 is 0.273 bits per heavy atom. The molecular formula is C71H112O6. The summed E-state index contributed by atoms with van der Waals surface area (Å²) >= 11 is 0. The molecule has 0 aromatic carbocycles. The van der Waals surface area contributed by atoms with Gasteiger partial charge in [-0.2, -0.15) is 0 Å². The molecule has 0 fully saturated rings. The monoisotopic (exact) mass is 1060 g/mol. The van der Waals surface area contributed by atoms with E-state index in [1.807, 2.05) is 0 Å². The number of esters is 3. The van der Waals surface area contributed by atoms with Gasteiger partial charge in [-0.25, -0.2) is 0 Å². The second-order valence-corrected chi connectivity index (χ2v) is 19.8. The highest BCUT2D eigenvalue weighted by Crippen LogP contribution is 2.13. The summed E-state index contributed by atoms with van der Waals surface area (Å²) < 4.78 is 16.8. The van der Waals surface area contributed by atoms with Gasteiger partial charge in [-0.15, -0.1) is 0 Å². The van der Waals surface area contributed by atoms with Crippen LogP contribution in [0.1, 0.15) is 252 Å². The SMILES string of the molecule is CC/C=C\C/C=C\C/C=C\C/C=C\C/C=C\C/C=C\C/C=C\C/C=C\CCCCC(=O)OCC(COC(=O)CCCCCCC/C=C\CCCCCCCC)OC(=O)CCCCCC/C=C\C/C=C\C/C=C\C/C=C\CC. The summed E-state index contributed by atoms with van der Waals surface area (Å²) in [5.74, 6) is -0.995. The fourth-order valence-electron chi connectivity index (χ4n) is 7.91. The van der Waals surface area contributed by atoms with Gasteiger partial charge in [0.25, 0.3) is 0 Å². The fraction of sp³-hybridized carbons (Fsp3) is 0.592. The largest absolute Gasteiger partial charge is 0.462 e. The normalized spacial score (nSPS) is 13.2. The first kappa shape index (κ1) is 72.0. The van der Waals surface area contributed by atoms with Gasteiger partial charge in [0.15, 0.2) is 6.10 Å². The minimum atomic E-state index is -0.821. The molecule has 0 heterocycles. The number of hydrogen-bond acceptors (Lipinski definition) is 6. The first-order valence-electron chi connectivity index (χ1n) is 31.0. The molecule has 432 valence electrons. The van der Waals surface area contributed by atoms with Gasteiger partial charge in [0.2, 0.25) is 0 Å². The number of ether oxygens (including phenoxy) is 3. The summed E-state index contributed by atoms with van der Waals surface area (Å²) in [6.45, 7) is 6.34. The predicted molar refractivity (Wildman–Crippen MR) is 334 cm³/mol. The Labute approximate surface area is 473 Å². The molecule has 6 heteroatoms. The summed E-state index contributed by atoms with van der Waals surface area (Å²) in [6, 6.07) is 0. The summed E-state index contributed by atoms with van der Waals surface area (Å²) in [4.78, 5) is 38.3. The highest BCUT2D eigenvalue weighted by Gasteiger charge is 2.19. The molecule has 1 atom stereocenters. The summed E-state index contributed by atoms with van der Waals surface area (Å²) in [7, 11) is 0. The molecule has 0 amide bonds. The van der Waals surface area contributed by atoms with Gasteiger partial charge in [-0.05, 0) is 148 Å². The van der Waals surface area contributed by atoms with Crippen molar-refractivity contribution in [2.75, 3.05) is 13.2 Å². The Kier molecular flexibility index (Phi) is 59.5.